The molecule has 13 rings (SSSR count). The summed E-state index contributed by atoms with van der Waals surface area (Å²) in [5.74, 6) is 2.02. The molecule has 0 aliphatic heterocycles. The Kier molecular flexibility index (Phi) is 9.80. The number of hydrogen-bond acceptors (Lipinski definition) is 4. The Labute approximate surface area is 398 Å². The van der Waals surface area contributed by atoms with Gasteiger partial charge in [0.15, 0.2) is 17.5 Å². The smallest absolute Gasteiger partial charge is 0.164 e. The first-order valence-electron chi connectivity index (χ1n) is 23.2. The fraction of sp³-hybridized carbons (Fsp3) is 0.0317. The van der Waals surface area contributed by atoms with Crippen molar-refractivity contribution >= 4 is 58.9 Å². The van der Waals surface area contributed by atoms with E-state index in [2.05, 4.69) is 217 Å². The molecule has 0 spiro atoms. The summed E-state index contributed by atoms with van der Waals surface area (Å²) in [5, 5.41) is 5.02. The van der Waals surface area contributed by atoms with E-state index in [0.29, 0.717) is 17.5 Å². The number of benzene rings is 9. The van der Waals surface area contributed by atoms with Gasteiger partial charge in [-0.1, -0.05) is 182 Å². The first-order chi connectivity index (χ1) is 33.7. The van der Waals surface area contributed by atoms with E-state index < -0.39 is 0 Å². The number of para-hydroxylation sites is 2. The first kappa shape index (κ1) is 39.8. The highest BCUT2D eigenvalue weighted by Gasteiger charge is 2.23. The van der Waals surface area contributed by atoms with Crippen LogP contribution in [0.3, 0.4) is 0 Å². The first-order valence-corrected chi connectivity index (χ1v) is 24.0. The van der Waals surface area contributed by atoms with Gasteiger partial charge < -0.3 is 4.57 Å². The number of fused-ring (bicyclic) bond motifs is 7. The molecule has 0 N–H and O–H groups in total. The van der Waals surface area contributed by atoms with Crippen LogP contribution >= 0.6 is 11.3 Å². The molecule has 0 atom stereocenters. The number of hydrogen-bond donors (Lipinski definition) is 0. The highest BCUT2D eigenvalue weighted by atomic mass is 32.1. The van der Waals surface area contributed by atoms with E-state index in [-0.39, 0.29) is 0 Å². The van der Waals surface area contributed by atoms with Crippen molar-refractivity contribution in [2.75, 3.05) is 0 Å². The molecule has 12 aromatic rings. The summed E-state index contributed by atoms with van der Waals surface area (Å²) in [5.41, 5.74) is 15.7. The number of nitrogens with zero attached hydrogens (tertiary/aromatic N) is 4. The SMILES string of the molecule is C1=CCCC(c2nc(-c3ccccc3)nc(-c3cc(-c4cc(-c5ccccc5)cc(-c5ccccc5)c4)ccc3-c3cccc4c3sc3c4ccc4c3c3ccccc3n4-c3ccccc3)n2)=C1. The van der Waals surface area contributed by atoms with E-state index in [1.807, 2.05) is 29.5 Å². The fourth-order valence-corrected chi connectivity index (χ4v) is 11.4. The highest BCUT2D eigenvalue weighted by molar-refractivity contribution is 7.27. The summed E-state index contributed by atoms with van der Waals surface area (Å²) in [6.07, 6.45) is 8.30. The van der Waals surface area contributed by atoms with Crippen molar-refractivity contribution in [2.45, 2.75) is 12.8 Å². The Balaban J connectivity index is 1.08. The van der Waals surface area contributed by atoms with Gasteiger partial charge >= 0.3 is 0 Å². The summed E-state index contributed by atoms with van der Waals surface area (Å²) in [4.78, 5) is 16.0. The average molecular weight is 887 g/mol. The van der Waals surface area contributed by atoms with Gasteiger partial charge in [0, 0.05) is 53.3 Å². The van der Waals surface area contributed by atoms with E-state index in [1.54, 1.807) is 0 Å². The lowest BCUT2D eigenvalue weighted by molar-refractivity contribution is 0.978. The number of rotatable bonds is 8. The van der Waals surface area contributed by atoms with Gasteiger partial charge in [-0.2, -0.15) is 0 Å². The zero-order chi connectivity index (χ0) is 45.0. The normalized spacial score (nSPS) is 12.6. The van der Waals surface area contributed by atoms with Crippen molar-refractivity contribution in [3.63, 3.8) is 0 Å². The molecule has 0 amide bonds. The summed E-state index contributed by atoms with van der Waals surface area (Å²) >= 11 is 1.88. The van der Waals surface area contributed by atoms with Crippen LogP contribution in [0.4, 0.5) is 0 Å². The van der Waals surface area contributed by atoms with Gasteiger partial charge in [0.2, 0.25) is 0 Å². The monoisotopic (exact) mass is 886 g/mol. The van der Waals surface area contributed by atoms with E-state index in [1.165, 1.54) is 53.1 Å². The second-order valence-corrected chi connectivity index (χ2v) is 18.5. The predicted molar refractivity (Wildman–Crippen MR) is 286 cm³/mol. The molecule has 0 fully saturated rings. The fourth-order valence-electron chi connectivity index (χ4n) is 10.1. The molecule has 0 bridgehead atoms. The minimum absolute atomic E-state index is 0.648. The van der Waals surface area contributed by atoms with E-state index in [9.17, 15) is 0 Å². The van der Waals surface area contributed by atoms with Crippen LogP contribution in [0.1, 0.15) is 18.7 Å². The molecule has 3 aromatic heterocycles. The summed E-state index contributed by atoms with van der Waals surface area (Å²) in [6, 6.07) is 76.4. The Bertz CT molecular complexity index is 3880. The molecule has 9 aromatic carbocycles. The standard InChI is InChI=1S/C63H42N4S/c1-6-19-41(20-7-1)46-37-47(42-21-8-2-9-22-42)39-48(38-46)45-33-34-50(55(40-45)63-65-61(43-23-10-3-11-24-43)64-62(66-63)44-25-12-4-13-26-44)51-30-18-31-52-53-35-36-57-58(60(53)68-59(51)52)54-29-16-17-32-56(54)67(57)49-27-14-5-15-28-49/h1-12,14-25,27-40H,13,26H2. The van der Waals surface area contributed by atoms with Crippen LogP contribution < -0.4 is 0 Å². The quantitative estimate of drug-likeness (QED) is 0.153. The average Bonchev–Trinajstić information content (AvgIpc) is 3.98. The Morgan fingerprint density at radius 2 is 0.985 bits per heavy atom. The molecule has 1 aliphatic carbocycles. The van der Waals surface area contributed by atoms with Crippen molar-refractivity contribution in [2.24, 2.45) is 0 Å². The molecular weight excluding hydrogens is 845 g/mol. The van der Waals surface area contributed by atoms with Crippen LogP contribution in [-0.2, 0) is 0 Å². The Hall–Kier alpha value is -8.51. The van der Waals surface area contributed by atoms with E-state index in [0.717, 1.165) is 68.6 Å². The third-order valence-corrected chi connectivity index (χ3v) is 14.6. The van der Waals surface area contributed by atoms with Gasteiger partial charge in [0.25, 0.3) is 0 Å². The summed E-state index contributed by atoms with van der Waals surface area (Å²) in [6.45, 7) is 0. The minimum atomic E-state index is 0.648. The second-order valence-electron chi connectivity index (χ2n) is 17.4. The van der Waals surface area contributed by atoms with Crippen LogP contribution in [0.5, 0.6) is 0 Å². The van der Waals surface area contributed by atoms with Gasteiger partial charge in [0.1, 0.15) is 0 Å². The zero-order valence-electron chi connectivity index (χ0n) is 37.1. The third kappa shape index (κ3) is 6.95. The van der Waals surface area contributed by atoms with Gasteiger partial charge in [-0.05, 0) is 106 Å². The third-order valence-electron chi connectivity index (χ3n) is 13.3. The van der Waals surface area contributed by atoms with Crippen molar-refractivity contribution < 1.29 is 0 Å². The van der Waals surface area contributed by atoms with Gasteiger partial charge in [-0.25, -0.2) is 15.0 Å². The molecular formula is C63H42N4S. The van der Waals surface area contributed by atoms with E-state index in [4.69, 9.17) is 15.0 Å². The number of allylic oxidation sites excluding steroid dienone is 4. The Morgan fingerprint density at radius 3 is 1.69 bits per heavy atom. The second kappa shape index (κ2) is 16.7. The molecule has 0 saturated heterocycles. The largest absolute Gasteiger partial charge is 0.309 e. The van der Waals surface area contributed by atoms with Crippen LogP contribution in [0.2, 0.25) is 0 Å². The molecule has 0 unspecified atom stereocenters. The molecule has 320 valence electrons. The molecule has 1 aliphatic rings. The van der Waals surface area contributed by atoms with Crippen molar-refractivity contribution in [1.82, 2.24) is 19.5 Å². The minimum Gasteiger partial charge on any atom is -0.309 e. The lowest BCUT2D eigenvalue weighted by Gasteiger charge is -2.16. The topological polar surface area (TPSA) is 43.6 Å². The van der Waals surface area contributed by atoms with Crippen LogP contribution in [-0.4, -0.2) is 19.5 Å². The maximum absolute atomic E-state index is 5.41. The Morgan fingerprint density at radius 1 is 0.382 bits per heavy atom. The van der Waals surface area contributed by atoms with E-state index >= 15 is 0 Å². The van der Waals surface area contributed by atoms with Crippen LogP contribution in [0.25, 0.3) is 121 Å². The molecule has 0 saturated carbocycles. The van der Waals surface area contributed by atoms with Gasteiger partial charge in [0.05, 0.1) is 11.0 Å². The van der Waals surface area contributed by atoms with Crippen molar-refractivity contribution in [3.8, 4) is 73.0 Å². The predicted octanol–water partition coefficient (Wildman–Crippen LogP) is 17.1. The van der Waals surface area contributed by atoms with Crippen LogP contribution in [0.15, 0.2) is 231 Å². The van der Waals surface area contributed by atoms with Crippen molar-refractivity contribution in [3.05, 3.63) is 236 Å². The molecule has 0 radical (unpaired) electrons. The molecule has 3 heterocycles. The highest BCUT2D eigenvalue weighted by Crippen LogP contribution is 2.48. The number of thiophene rings is 1. The summed E-state index contributed by atoms with van der Waals surface area (Å²) < 4.78 is 4.92. The molecule has 4 nitrogen and oxygen atoms in total. The molecule has 5 heteroatoms. The molecule has 68 heavy (non-hydrogen) atoms. The lowest BCUT2D eigenvalue weighted by Crippen LogP contribution is -2.04. The number of aromatic nitrogens is 4. The van der Waals surface area contributed by atoms with Crippen molar-refractivity contribution in [1.29, 1.82) is 0 Å². The lowest BCUT2D eigenvalue weighted by atomic mass is 9.90. The maximum Gasteiger partial charge on any atom is 0.164 e. The van der Waals surface area contributed by atoms with Crippen LogP contribution in [0, 0.1) is 0 Å². The maximum atomic E-state index is 5.41. The van der Waals surface area contributed by atoms with Gasteiger partial charge in [-0.15, -0.1) is 11.3 Å². The summed E-state index contributed by atoms with van der Waals surface area (Å²) in [7, 11) is 0. The zero-order valence-corrected chi connectivity index (χ0v) is 37.9. The van der Waals surface area contributed by atoms with Gasteiger partial charge in [-0.3, -0.25) is 0 Å².